The van der Waals surface area contributed by atoms with E-state index in [0.717, 1.165) is 36.1 Å². The second-order valence-corrected chi connectivity index (χ2v) is 7.12. The van der Waals surface area contributed by atoms with Crippen molar-refractivity contribution in [1.29, 1.82) is 0 Å². The second kappa shape index (κ2) is 7.00. The summed E-state index contributed by atoms with van der Waals surface area (Å²) >= 11 is 6.21. The molecule has 0 atom stereocenters. The van der Waals surface area contributed by atoms with Crippen molar-refractivity contribution < 1.29 is 14.3 Å². The Hall–Kier alpha value is -2.53. The number of carbonyl (C=O) groups excluding carboxylic acids is 2. The normalized spacial score (nSPS) is 15.1. The quantitative estimate of drug-likeness (QED) is 0.848. The van der Waals surface area contributed by atoms with Gasteiger partial charge in [-0.2, -0.15) is 0 Å². The second-order valence-electron chi connectivity index (χ2n) is 6.71. The van der Waals surface area contributed by atoms with Gasteiger partial charge in [0.1, 0.15) is 5.75 Å². The maximum absolute atomic E-state index is 12.3. The Labute approximate surface area is 156 Å². The van der Waals surface area contributed by atoms with Gasteiger partial charge in [-0.15, -0.1) is 0 Å². The third kappa shape index (κ3) is 3.83. The number of rotatable bonds is 5. The summed E-state index contributed by atoms with van der Waals surface area (Å²) in [5, 5.41) is 6.06. The molecular weight excluding hydrogens is 352 g/mol. The van der Waals surface area contributed by atoms with Gasteiger partial charge in [-0.25, -0.2) is 0 Å². The van der Waals surface area contributed by atoms with Crippen LogP contribution in [0.5, 0.6) is 5.75 Å². The summed E-state index contributed by atoms with van der Waals surface area (Å²) < 4.78 is 5.48. The van der Waals surface area contributed by atoms with Gasteiger partial charge in [-0.1, -0.05) is 23.7 Å². The minimum absolute atomic E-state index is 0.130. The highest BCUT2D eigenvalue weighted by molar-refractivity contribution is 6.34. The van der Waals surface area contributed by atoms with Crippen molar-refractivity contribution in [2.24, 2.45) is 0 Å². The molecule has 2 aromatic carbocycles. The first-order valence-electron chi connectivity index (χ1n) is 8.73. The first-order valence-corrected chi connectivity index (χ1v) is 9.11. The van der Waals surface area contributed by atoms with E-state index < -0.39 is 0 Å². The zero-order chi connectivity index (χ0) is 18.1. The van der Waals surface area contributed by atoms with Crippen LogP contribution in [0.15, 0.2) is 36.4 Å². The van der Waals surface area contributed by atoms with E-state index in [1.54, 1.807) is 18.2 Å². The van der Waals surface area contributed by atoms with Crippen LogP contribution in [0, 0.1) is 0 Å². The van der Waals surface area contributed by atoms with Crippen LogP contribution >= 0.6 is 11.6 Å². The molecule has 6 heteroatoms. The third-order valence-corrected chi connectivity index (χ3v) is 4.84. The van der Waals surface area contributed by atoms with Gasteiger partial charge in [0.05, 0.1) is 23.6 Å². The predicted octanol–water partition coefficient (Wildman–Crippen LogP) is 3.35. The molecule has 134 valence electrons. The number of carbonyl (C=O) groups is 2. The molecule has 1 fully saturated rings. The Morgan fingerprint density at radius 3 is 2.77 bits per heavy atom. The average molecular weight is 371 g/mol. The molecule has 4 rings (SSSR count). The zero-order valence-corrected chi connectivity index (χ0v) is 14.9. The van der Waals surface area contributed by atoms with Gasteiger partial charge in [-0.05, 0) is 48.2 Å². The van der Waals surface area contributed by atoms with E-state index >= 15 is 0 Å². The maximum Gasteiger partial charge on any atom is 0.253 e. The minimum atomic E-state index is -0.171. The van der Waals surface area contributed by atoms with Gasteiger partial charge in [-0.3, -0.25) is 9.59 Å². The lowest BCUT2D eigenvalue weighted by atomic mass is 10.1. The van der Waals surface area contributed by atoms with E-state index in [4.69, 9.17) is 16.3 Å². The van der Waals surface area contributed by atoms with Gasteiger partial charge in [0.2, 0.25) is 5.91 Å². The molecule has 0 spiro atoms. The van der Waals surface area contributed by atoms with Crippen LogP contribution in [0.1, 0.15) is 34.3 Å². The molecular formula is C20H19ClN2O3. The Balaban J connectivity index is 1.39. The monoisotopic (exact) mass is 370 g/mol. The van der Waals surface area contributed by atoms with E-state index in [9.17, 15) is 9.59 Å². The molecule has 2 aliphatic rings. The highest BCUT2D eigenvalue weighted by Gasteiger charge is 2.24. The molecule has 2 aromatic rings. The summed E-state index contributed by atoms with van der Waals surface area (Å²) in [7, 11) is 0. The van der Waals surface area contributed by atoms with E-state index in [1.807, 2.05) is 18.2 Å². The van der Waals surface area contributed by atoms with Crippen molar-refractivity contribution in [3.05, 3.63) is 58.1 Å². The van der Waals surface area contributed by atoms with E-state index in [0.29, 0.717) is 22.9 Å². The fourth-order valence-corrected chi connectivity index (χ4v) is 3.27. The minimum Gasteiger partial charge on any atom is -0.493 e. The lowest BCUT2D eigenvalue weighted by molar-refractivity contribution is -0.115. The topological polar surface area (TPSA) is 67.4 Å². The molecule has 5 nitrogen and oxygen atoms in total. The highest BCUT2D eigenvalue weighted by atomic mass is 35.5. The zero-order valence-electron chi connectivity index (χ0n) is 14.2. The Morgan fingerprint density at radius 1 is 1.15 bits per heavy atom. The average Bonchev–Trinajstić information content (AvgIpc) is 3.28. The SMILES string of the molecule is O=C(Cc1ccc2c(c1)CCO2)Nc1ccc(C(=O)NC2CC2)c(Cl)c1. The Kier molecular flexibility index (Phi) is 4.55. The molecule has 0 aromatic heterocycles. The van der Waals surface area contributed by atoms with Crippen molar-refractivity contribution in [3.8, 4) is 5.75 Å². The number of amides is 2. The predicted molar refractivity (Wildman–Crippen MR) is 99.9 cm³/mol. The number of fused-ring (bicyclic) bond motifs is 1. The van der Waals surface area contributed by atoms with Crippen LogP contribution in [0.2, 0.25) is 5.02 Å². The number of benzene rings is 2. The molecule has 0 radical (unpaired) electrons. The van der Waals surface area contributed by atoms with Crippen molar-refractivity contribution in [2.45, 2.75) is 31.7 Å². The summed E-state index contributed by atoms with van der Waals surface area (Å²) in [5.41, 5.74) is 3.09. The maximum atomic E-state index is 12.3. The van der Waals surface area contributed by atoms with Crippen molar-refractivity contribution >= 4 is 29.1 Å². The summed E-state index contributed by atoms with van der Waals surface area (Å²) in [4.78, 5) is 24.4. The molecule has 1 aliphatic carbocycles. The number of ether oxygens (including phenoxy) is 1. The molecule has 0 saturated heterocycles. The Morgan fingerprint density at radius 2 is 2.00 bits per heavy atom. The summed E-state index contributed by atoms with van der Waals surface area (Å²) in [5.74, 6) is 0.604. The molecule has 26 heavy (non-hydrogen) atoms. The number of hydrogen-bond donors (Lipinski definition) is 2. The smallest absolute Gasteiger partial charge is 0.253 e. The van der Waals surface area contributed by atoms with Crippen molar-refractivity contribution in [3.63, 3.8) is 0 Å². The van der Waals surface area contributed by atoms with Crippen LogP contribution in [0.25, 0.3) is 0 Å². The summed E-state index contributed by atoms with van der Waals surface area (Å²) in [6, 6.07) is 11.1. The van der Waals surface area contributed by atoms with Crippen LogP contribution in [-0.4, -0.2) is 24.5 Å². The van der Waals surface area contributed by atoms with Crippen LogP contribution in [-0.2, 0) is 17.6 Å². The van der Waals surface area contributed by atoms with Crippen LogP contribution < -0.4 is 15.4 Å². The third-order valence-electron chi connectivity index (χ3n) is 4.53. The summed E-state index contributed by atoms with van der Waals surface area (Å²) in [6.07, 6.45) is 3.19. The molecule has 1 saturated carbocycles. The van der Waals surface area contributed by atoms with E-state index in [1.165, 1.54) is 0 Å². The highest BCUT2D eigenvalue weighted by Crippen LogP contribution is 2.27. The van der Waals surface area contributed by atoms with Crippen molar-refractivity contribution in [1.82, 2.24) is 5.32 Å². The van der Waals surface area contributed by atoms with Gasteiger partial charge in [0, 0.05) is 18.2 Å². The number of anilines is 1. The van der Waals surface area contributed by atoms with E-state index in [2.05, 4.69) is 10.6 Å². The largest absolute Gasteiger partial charge is 0.493 e. The lowest BCUT2D eigenvalue weighted by Crippen LogP contribution is -2.25. The molecule has 1 heterocycles. The first-order chi connectivity index (χ1) is 12.6. The number of nitrogens with one attached hydrogen (secondary N) is 2. The number of halogens is 1. The number of hydrogen-bond acceptors (Lipinski definition) is 3. The lowest BCUT2D eigenvalue weighted by Gasteiger charge is -2.10. The van der Waals surface area contributed by atoms with E-state index in [-0.39, 0.29) is 24.3 Å². The molecule has 2 N–H and O–H groups in total. The first kappa shape index (κ1) is 16.9. The van der Waals surface area contributed by atoms with Crippen molar-refractivity contribution in [2.75, 3.05) is 11.9 Å². The van der Waals surface area contributed by atoms with Gasteiger partial charge >= 0.3 is 0 Å². The van der Waals surface area contributed by atoms with Gasteiger partial charge < -0.3 is 15.4 Å². The molecule has 1 aliphatic heterocycles. The summed E-state index contributed by atoms with van der Waals surface area (Å²) in [6.45, 7) is 0.699. The molecule has 0 unspecified atom stereocenters. The van der Waals surface area contributed by atoms with Crippen LogP contribution in [0.3, 0.4) is 0 Å². The fourth-order valence-electron chi connectivity index (χ4n) is 3.01. The fraction of sp³-hybridized carbons (Fsp3) is 0.300. The van der Waals surface area contributed by atoms with Gasteiger partial charge in [0.25, 0.3) is 5.91 Å². The standard InChI is InChI=1S/C20H19ClN2O3/c21-17-11-15(4-5-16(17)20(25)23-14-2-3-14)22-19(24)10-12-1-6-18-13(9-12)7-8-26-18/h1,4-6,9,11,14H,2-3,7-8,10H2,(H,22,24)(H,23,25). The van der Waals surface area contributed by atoms with Gasteiger partial charge in [0.15, 0.2) is 0 Å². The Bertz CT molecular complexity index is 877. The van der Waals surface area contributed by atoms with Crippen LogP contribution in [0.4, 0.5) is 5.69 Å². The molecule has 0 bridgehead atoms. The molecule has 2 amide bonds.